The fourth-order valence-corrected chi connectivity index (χ4v) is 2.25. The van der Waals surface area contributed by atoms with Crippen molar-refractivity contribution in [2.45, 2.75) is 0 Å². The van der Waals surface area contributed by atoms with E-state index < -0.39 is 0 Å². The molecule has 3 heteroatoms. The molecule has 1 N–H and O–H groups in total. The van der Waals surface area contributed by atoms with E-state index in [1.54, 1.807) is 31.6 Å². The number of hydrogen-bond acceptors (Lipinski definition) is 3. The molecule has 3 rings (SSSR count). The van der Waals surface area contributed by atoms with Gasteiger partial charge in [0.1, 0.15) is 17.2 Å². The first-order valence-electron chi connectivity index (χ1n) is 6.95. The summed E-state index contributed by atoms with van der Waals surface area (Å²) in [4.78, 5) is 0. The van der Waals surface area contributed by atoms with Crippen LogP contribution in [0.25, 0.3) is 16.8 Å². The van der Waals surface area contributed by atoms with Crippen LogP contribution in [0.1, 0.15) is 5.56 Å². The van der Waals surface area contributed by atoms with Gasteiger partial charge in [0.05, 0.1) is 13.4 Å². The first kappa shape index (κ1) is 14.0. The Labute approximate surface area is 129 Å². The summed E-state index contributed by atoms with van der Waals surface area (Å²) in [6.07, 6.45) is 3.37. The molecule has 0 aliphatic carbocycles. The van der Waals surface area contributed by atoms with Crippen LogP contribution in [0, 0.1) is 0 Å². The maximum absolute atomic E-state index is 9.61. The highest BCUT2D eigenvalue weighted by Gasteiger charge is 1.98. The molecule has 0 amide bonds. The second-order valence-electron chi connectivity index (χ2n) is 4.89. The molecule has 0 aliphatic rings. The van der Waals surface area contributed by atoms with Crippen molar-refractivity contribution >= 4 is 16.8 Å². The number of ether oxygens (including phenoxy) is 2. The average Bonchev–Trinajstić information content (AvgIpc) is 2.54. The van der Waals surface area contributed by atoms with Crippen LogP contribution in [-0.2, 0) is 0 Å². The summed E-state index contributed by atoms with van der Waals surface area (Å²) in [5, 5.41) is 11.9. The van der Waals surface area contributed by atoms with Crippen molar-refractivity contribution in [3.05, 3.63) is 72.5 Å². The van der Waals surface area contributed by atoms with Crippen LogP contribution in [0.3, 0.4) is 0 Å². The first-order chi connectivity index (χ1) is 10.7. The number of fused-ring (bicyclic) bond motifs is 1. The van der Waals surface area contributed by atoms with Gasteiger partial charge < -0.3 is 14.6 Å². The molecule has 0 saturated heterocycles. The van der Waals surface area contributed by atoms with Crippen LogP contribution in [0.5, 0.6) is 17.2 Å². The predicted molar refractivity (Wildman–Crippen MR) is 88.3 cm³/mol. The summed E-state index contributed by atoms with van der Waals surface area (Å²) < 4.78 is 10.7. The molecule has 0 unspecified atom stereocenters. The van der Waals surface area contributed by atoms with Gasteiger partial charge in [-0.15, -0.1) is 0 Å². The third kappa shape index (κ3) is 3.20. The maximum Gasteiger partial charge on any atom is 0.127 e. The number of aromatic hydroxyl groups is 1. The van der Waals surface area contributed by atoms with Crippen molar-refractivity contribution in [3.63, 3.8) is 0 Å². The molecule has 0 aliphatic heterocycles. The molecule has 0 radical (unpaired) electrons. The van der Waals surface area contributed by atoms with E-state index in [9.17, 15) is 5.11 Å². The van der Waals surface area contributed by atoms with Gasteiger partial charge in [0.25, 0.3) is 0 Å². The summed E-state index contributed by atoms with van der Waals surface area (Å²) in [5.41, 5.74) is 0.803. The van der Waals surface area contributed by atoms with Crippen molar-refractivity contribution in [1.29, 1.82) is 0 Å². The van der Waals surface area contributed by atoms with E-state index in [2.05, 4.69) is 6.07 Å². The highest BCUT2D eigenvalue weighted by molar-refractivity contribution is 5.83. The van der Waals surface area contributed by atoms with E-state index in [4.69, 9.17) is 9.47 Å². The van der Waals surface area contributed by atoms with Crippen LogP contribution in [0.4, 0.5) is 0 Å². The van der Waals surface area contributed by atoms with Crippen LogP contribution in [0.2, 0.25) is 0 Å². The lowest BCUT2D eigenvalue weighted by Gasteiger charge is -2.04. The quantitative estimate of drug-likeness (QED) is 0.714. The number of hydrogen-bond donors (Lipinski definition) is 1. The standard InChI is InChI=1S/C19H16O3/c1-21-19-11-14(10-17(20)13-19)8-9-22-18-7-6-15-4-2-3-5-16(15)12-18/h2-13,20H,1H3. The summed E-state index contributed by atoms with van der Waals surface area (Å²) in [5.74, 6) is 1.53. The minimum atomic E-state index is 0.157. The number of phenols is 1. The largest absolute Gasteiger partial charge is 0.508 e. The summed E-state index contributed by atoms with van der Waals surface area (Å²) in [6.45, 7) is 0. The lowest BCUT2D eigenvalue weighted by atomic mass is 10.1. The van der Waals surface area contributed by atoms with Gasteiger partial charge in [0.15, 0.2) is 0 Å². The monoisotopic (exact) mass is 292 g/mol. The van der Waals surface area contributed by atoms with Gasteiger partial charge in [-0.25, -0.2) is 0 Å². The summed E-state index contributed by atoms with van der Waals surface area (Å²) in [6, 6.07) is 19.1. The molecule has 0 saturated carbocycles. The van der Waals surface area contributed by atoms with Gasteiger partial charge in [-0.1, -0.05) is 30.3 Å². The predicted octanol–water partition coefficient (Wildman–Crippen LogP) is 4.60. The molecule has 0 atom stereocenters. The lowest BCUT2D eigenvalue weighted by Crippen LogP contribution is -1.85. The SMILES string of the molecule is COc1cc(O)cc(C=COc2ccc3ccccc3c2)c1. The Bertz CT molecular complexity index is 822. The normalized spacial score (nSPS) is 11.0. The van der Waals surface area contributed by atoms with Gasteiger partial charge >= 0.3 is 0 Å². The molecule has 22 heavy (non-hydrogen) atoms. The molecule has 0 fully saturated rings. The third-order valence-electron chi connectivity index (χ3n) is 3.33. The first-order valence-corrected chi connectivity index (χ1v) is 6.95. The zero-order valence-electron chi connectivity index (χ0n) is 12.2. The van der Waals surface area contributed by atoms with Crippen molar-refractivity contribution < 1.29 is 14.6 Å². The van der Waals surface area contributed by atoms with E-state index in [1.807, 2.05) is 42.5 Å². The maximum atomic E-state index is 9.61. The molecule has 0 bridgehead atoms. The molecular weight excluding hydrogens is 276 g/mol. The molecule has 0 heterocycles. The minimum Gasteiger partial charge on any atom is -0.508 e. The van der Waals surface area contributed by atoms with Gasteiger partial charge in [0, 0.05) is 6.07 Å². The van der Waals surface area contributed by atoms with Crippen LogP contribution in [0.15, 0.2) is 66.9 Å². The Morgan fingerprint density at radius 2 is 1.68 bits per heavy atom. The van der Waals surface area contributed by atoms with Crippen LogP contribution in [-0.4, -0.2) is 12.2 Å². The zero-order chi connectivity index (χ0) is 15.4. The Kier molecular flexibility index (Phi) is 3.97. The second kappa shape index (κ2) is 6.22. The van der Waals surface area contributed by atoms with Crippen molar-refractivity contribution in [2.75, 3.05) is 7.11 Å². The van der Waals surface area contributed by atoms with Gasteiger partial charge in [-0.2, -0.15) is 0 Å². The Morgan fingerprint density at radius 3 is 2.50 bits per heavy atom. The minimum absolute atomic E-state index is 0.157. The molecule has 110 valence electrons. The molecular formula is C19H16O3. The molecule has 0 spiro atoms. The van der Waals surface area contributed by atoms with Gasteiger partial charge in [-0.3, -0.25) is 0 Å². The van der Waals surface area contributed by atoms with Crippen molar-refractivity contribution in [2.24, 2.45) is 0 Å². The average molecular weight is 292 g/mol. The van der Waals surface area contributed by atoms with E-state index in [-0.39, 0.29) is 5.75 Å². The van der Waals surface area contributed by atoms with Crippen LogP contribution >= 0.6 is 0 Å². The van der Waals surface area contributed by atoms with Crippen molar-refractivity contribution in [1.82, 2.24) is 0 Å². The lowest BCUT2D eigenvalue weighted by molar-refractivity contribution is 0.407. The third-order valence-corrected chi connectivity index (χ3v) is 3.33. The van der Waals surface area contributed by atoms with Gasteiger partial charge in [0.2, 0.25) is 0 Å². The topological polar surface area (TPSA) is 38.7 Å². The Morgan fingerprint density at radius 1 is 0.864 bits per heavy atom. The van der Waals surface area contributed by atoms with Crippen LogP contribution < -0.4 is 9.47 Å². The van der Waals surface area contributed by atoms with E-state index in [1.165, 1.54) is 5.39 Å². The number of methoxy groups -OCH3 is 1. The molecule has 3 aromatic rings. The fourth-order valence-electron chi connectivity index (χ4n) is 2.25. The second-order valence-corrected chi connectivity index (χ2v) is 4.89. The Hall–Kier alpha value is -2.94. The summed E-state index contributed by atoms with van der Waals surface area (Å²) in [7, 11) is 1.56. The molecule has 3 nitrogen and oxygen atoms in total. The van der Waals surface area contributed by atoms with E-state index >= 15 is 0 Å². The highest BCUT2D eigenvalue weighted by Crippen LogP contribution is 2.23. The number of rotatable bonds is 4. The number of benzene rings is 3. The smallest absolute Gasteiger partial charge is 0.127 e. The molecule has 3 aromatic carbocycles. The van der Waals surface area contributed by atoms with E-state index in [0.717, 1.165) is 16.7 Å². The van der Waals surface area contributed by atoms with Crippen molar-refractivity contribution in [3.8, 4) is 17.2 Å². The van der Waals surface area contributed by atoms with Gasteiger partial charge in [-0.05, 0) is 46.7 Å². The van der Waals surface area contributed by atoms with E-state index in [0.29, 0.717) is 5.75 Å². The highest BCUT2D eigenvalue weighted by atomic mass is 16.5. The fraction of sp³-hybridized carbons (Fsp3) is 0.0526. The zero-order valence-corrected chi connectivity index (χ0v) is 12.2. The number of phenolic OH excluding ortho intramolecular Hbond substituents is 1. The Balaban J connectivity index is 1.77. The molecule has 0 aromatic heterocycles. The summed E-state index contributed by atoms with van der Waals surface area (Å²) >= 11 is 0.